The first-order valence-electron chi connectivity index (χ1n) is 6.42. The van der Waals surface area contributed by atoms with E-state index in [-0.39, 0.29) is 17.6 Å². The molecule has 0 aromatic heterocycles. The van der Waals surface area contributed by atoms with Crippen LogP contribution in [0.4, 0.5) is 0 Å². The topological polar surface area (TPSA) is 44.8 Å². The van der Waals surface area contributed by atoms with Crippen LogP contribution < -0.4 is 0 Å². The fourth-order valence-electron chi connectivity index (χ4n) is 2.70. The molecule has 2 rings (SSSR count). The Hall–Kier alpha value is -0.450. The van der Waals surface area contributed by atoms with Crippen molar-refractivity contribution in [2.45, 2.75) is 44.3 Å². The molecule has 2 aliphatic heterocycles. The van der Waals surface area contributed by atoms with Gasteiger partial charge in [-0.25, -0.2) is 0 Å². The molecule has 3 atom stereocenters. The van der Waals surface area contributed by atoms with E-state index < -0.39 is 0 Å². The maximum atomic E-state index is 12.1. The molecular formula is C13H22O4. The van der Waals surface area contributed by atoms with Gasteiger partial charge in [0, 0.05) is 39.1 Å². The summed E-state index contributed by atoms with van der Waals surface area (Å²) < 4.78 is 16.4. The Labute approximate surface area is 103 Å². The van der Waals surface area contributed by atoms with E-state index in [1.807, 2.05) is 6.92 Å². The third-order valence-corrected chi connectivity index (χ3v) is 3.91. The number of carbonyl (C=O) groups is 1. The van der Waals surface area contributed by atoms with Gasteiger partial charge in [0.1, 0.15) is 5.78 Å². The Balaban J connectivity index is 1.90. The van der Waals surface area contributed by atoms with Crippen LogP contribution in [-0.4, -0.2) is 44.4 Å². The Morgan fingerprint density at radius 1 is 1.53 bits per heavy atom. The minimum atomic E-state index is -0.172. The van der Waals surface area contributed by atoms with Crippen molar-refractivity contribution in [2.24, 2.45) is 5.92 Å². The Morgan fingerprint density at radius 2 is 2.35 bits per heavy atom. The van der Waals surface area contributed by atoms with Crippen molar-refractivity contribution in [1.29, 1.82) is 0 Å². The van der Waals surface area contributed by atoms with E-state index in [0.717, 1.165) is 25.9 Å². The molecule has 4 heteroatoms. The first-order chi connectivity index (χ1) is 8.15. The summed E-state index contributed by atoms with van der Waals surface area (Å²) in [6.07, 6.45) is 3.12. The molecule has 0 aromatic carbocycles. The second-order valence-corrected chi connectivity index (χ2v) is 5.24. The molecule has 0 bridgehead atoms. The van der Waals surface area contributed by atoms with Gasteiger partial charge in [0.15, 0.2) is 0 Å². The third kappa shape index (κ3) is 3.06. The maximum Gasteiger partial charge on any atom is 0.138 e. The van der Waals surface area contributed by atoms with E-state index in [0.29, 0.717) is 25.4 Å². The monoisotopic (exact) mass is 242 g/mol. The summed E-state index contributed by atoms with van der Waals surface area (Å²) in [5.74, 6) is 0.442. The first kappa shape index (κ1) is 13.0. The Kier molecular flexibility index (Phi) is 4.17. The number of ketones is 1. The summed E-state index contributed by atoms with van der Waals surface area (Å²) in [4.78, 5) is 12.1. The lowest BCUT2D eigenvalue weighted by Gasteiger charge is -2.36. The molecule has 0 radical (unpaired) electrons. The number of hydrogen-bond acceptors (Lipinski definition) is 4. The SMILES string of the molecule is COC(C)CC(=O)C1CCOC2(CCOC2)C1. The summed E-state index contributed by atoms with van der Waals surface area (Å²) in [6, 6.07) is 0. The van der Waals surface area contributed by atoms with Crippen LogP contribution in [0.15, 0.2) is 0 Å². The summed E-state index contributed by atoms with van der Waals surface area (Å²) in [5.41, 5.74) is -0.172. The molecule has 0 aliphatic carbocycles. The molecule has 1 spiro atoms. The zero-order valence-electron chi connectivity index (χ0n) is 10.7. The largest absolute Gasteiger partial charge is 0.381 e. The third-order valence-electron chi connectivity index (χ3n) is 3.91. The van der Waals surface area contributed by atoms with Crippen molar-refractivity contribution in [3.05, 3.63) is 0 Å². The number of carbonyl (C=O) groups excluding carboxylic acids is 1. The number of rotatable bonds is 4. The van der Waals surface area contributed by atoms with Crippen LogP contribution in [0, 0.1) is 5.92 Å². The molecule has 0 aromatic rings. The molecule has 0 N–H and O–H groups in total. The van der Waals surface area contributed by atoms with E-state index in [1.54, 1.807) is 7.11 Å². The smallest absolute Gasteiger partial charge is 0.138 e. The van der Waals surface area contributed by atoms with E-state index >= 15 is 0 Å². The van der Waals surface area contributed by atoms with Gasteiger partial charge < -0.3 is 14.2 Å². The van der Waals surface area contributed by atoms with E-state index in [1.165, 1.54) is 0 Å². The van der Waals surface area contributed by atoms with Gasteiger partial charge in [0.05, 0.1) is 18.3 Å². The van der Waals surface area contributed by atoms with Crippen LogP contribution in [0.25, 0.3) is 0 Å². The fourth-order valence-corrected chi connectivity index (χ4v) is 2.70. The molecule has 98 valence electrons. The molecule has 4 nitrogen and oxygen atoms in total. The van der Waals surface area contributed by atoms with Crippen LogP contribution in [0.1, 0.15) is 32.6 Å². The Morgan fingerprint density at radius 3 is 3.00 bits per heavy atom. The second-order valence-electron chi connectivity index (χ2n) is 5.24. The van der Waals surface area contributed by atoms with Crippen LogP contribution in [-0.2, 0) is 19.0 Å². The standard InChI is InChI=1S/C13H22O4/c1-10(15-2)7-12(14)11-3-5-17-13(8-11)4-6-16-9-13/h10-11H,3-9H2,1-2H3. The van der Waals surface area contributed by atoms with Crippen molar-refractivity contribution < 1.29 is 19.0 Å². The number of hydrogen-bond donors (Lipinski definition) is 0. The fraction of sp³-hybridized carbons (Fsp3) is 0.923. The van der Waals surface area contributed by atoms with Crippen molar-refractivity contribution in [1.82, 2.24) is 0 Å². The quantitative estimate of drug-likeness (QED) is 0.750. The summed E-state index contributed by atoms with van der Waals surface area (Å²) in [5, 5.41) is 0. The minimum Gasteiger partial charge on any atom is -0.381 e. The van der Waals surface area contributed by atoms with E-state index in [2.05, 4.69) is 0 Å². The van der Waals surface area contributed by atoms with Crippen LogP contribution >= 0.6 is 0 Å². The maximum absolute atomic E-state index is 12.1. The zero-order valence-corrected chi connectivity index (χ0v) is 10.7. The van der Waals surface area contributed by atoms with Crippen molar-refractivity contribution in [3.8, 4) is 0 Å². The highest BCUT2D eigenvalue weighted by Gasteiger charge is 2.42. The van der Waals surface area contributed by atoms with Crippen molar-refractivity contribution >= 4 is 5.78 Å². The first-order valence-corrected chi connectivity index (χ1v) is 6.42. The van der Waals surface area contributed by atoms with Gasteiger partial charge in [-0.15, -0.1) is 0 Å². The number of Topliss-reactive ketones (excluding diaryl/α,β-unsaturated/α-hetero) is 1. The summed E-state index contributed by atoms with van der Waals surface area (Å²) in [7, 11) is 1.65. The van der Waals surface area contributed by atoms with Crippen LogP contribution in [0.2, 0.25) is 0 Å². The molecule has 0 amide bonds. The number of ether oxygens (including phenoxy) is 3. The predicted octanol–water partition coefficient (Wildman–Crippen LogP) is 1.57. The average Bonchev–Trinajstić information content (AvgIpc) is 2.77. The highest BCUT2D eigenvalue weighted by atomic mass is 16.6. The molecule has 17 heavy (non-hydrogen) atoms. The van der Waals surface area contributed by atoms with Crippen molar-refractivity contribution in [3.63, 3.8) is 0 Å². The molecule has 2 heterocycles. The molecule has 0 saturated carbocycles. The second kappa shape index (κ2) is 5.46. The van der Waals surface area contributed by atoms with Crippen LogP contribution in [0.3, 0.4) is 0 Å². The highest BCUT2D eigenvalue weighted by Crippen LogP contribution is 2.36. The van der Waals surface area contributed by atoms with Gasteiger partial charge in [-0.2, -0.15) is 0 Å². The summed E-state index contributed by atoms with van der Waals surface area (Å²) in [6.45, 7) is 4.03. The number of methoxy groups -OCH3 is 1. The molecule has 2 aliphatic rings. The predicted molar refractivity (Wildman–Crippen MR) is 62.9 cm³/mol. The van der Waals surface area contributed by atoms with E-state index in [9.17, 15) is 4.79 Å². The van der Waals surface area contributed by atoms with Gasteiger partial charge >= 0.3 is 0 Å². The van der Waals surface area contributed by atoms with E-state index in [4.69, 9.17) is 14.2 Å². The highest BCUT2D eigenvalue weighted by molar-refractivity contribution is 5.81. The van der Waals surface area contributed by atoms with Gasteiger partial charge in [-0.3, -0.25) is 4.79 Å². The summed E-state index contributed by atoms with van der Waals surface area (Å²) >= 11 is 0. The lowest BCUT2D eigenvalue weighted by Crippen LogP contribution is -2.42. The minimum absolute atomic E-state index is 0.0149. The molecule has 2 fully saturated rings. The average molecular weight is 242 g/mol. The molecule has 3 unspecified atom stereocenters. The zero-order chi connectivity index (χ0) is 12.3. The normalized spacial score (nSPS) is 35.1. The van der Waals surface area contributed by atoms with Gasteiger partial charge in [0.25, 0.3) is 0 Å². The lowest BCUT2D eigenvalue weighted by molar-refractivity contribution is -0.139. The van der Waals surface area contributed by atoms with Gasteiger partial charge in [-0.1, -0.05) is 0 Å². The molecular weight excluding hydrogens is 220 g/mol. The lowest BCUT2D eigenvalue weighted by atomic mass is 9.82. The molecule has 2 saturated heterocycles. The van der Waals surface area contributed by atoms with Crippen molar-refractivity contribution in [2.75, 3.05) is 26.9 Å². The van der Waals surface area contributed by atoms with Gasteiger partial charge in [-0.05, 0) is 19.8 Å². The van der Waals surface area contributed by atoms with Crippen LogP contribution in [0.5, 0.6) is 0 Å². The van der Waals surface area contributed by atoms with Gasteiger partial charge in [0.2, 0.25) is 0 Å². The Bertz CT molecular complexity index is 271.